The first-order valence-corrected chi connectivity index (χ1v) is 7.61. The van der Waals surface area contributed by atoms with E-state index in [-0.39, 0.29) is 5.78 Å². The van der Waals surface area contributed by atoms with Gasteiger partial charge in [0, 0.05) is 17.5 Å². The molecule has 0 bridgehead atoms. The van der Waals surface area contributed by atoms with Gasteiger partial charge in [-0.15, -0.1) is 0 Å². The fourth-order valence-electron chi connectivity index (χ4n) is 2.05. The third-order valence-corrected chi connectivity index (χ3v) is 4.04. The van der Waals surface area contributed by atoms with Crippen molar-refractivity contribution >= 4 is 28.6 Å². The molecule has 0 amide bonds. The number of imidazole rings is 1. The summed E-state index contributed by atoms with van der Waals surface area (Å²) < 4.78 is 0. The van der Waals surface area contributed by atoms with Gasteiger partial charge in [-0.3, -0.25) is 9.78 Å². The lowest BCUT2D eigenvalue weighted by Crippen LogP contribution is -1.99. The number of carbonyl (C=O) groups is 1. The number of nitrogens with one attached hydrogen (secondary N) is 1. The van der Waals surface area contributed by atoms with Crippen LogP contribution >= 0.6 is 11.8 Å². The zero-order valence-electron chi connectivity index (χ0n) is 11.9. The Hall–Kier alpha value is -2.14. The fourth-order valence-corrected chi connectivity index (χ4v) is 2.82. The molecule has 0 aliphatic carbocycles. The van der Waals surface area contributed by atoms with Crippen LogP contribution in [-0.2, 0) is 0 Å². The minimum atomic E-state index is 0.0609. The molecule has 0 radical (unpaired) electrons. The molecule has 2 aromatic heterocycles. The second-order valence-electron chi connectivity index (χ2n) is 4.82. The Morgan fingerprint density at radius 1 is 1.29 bits per heavy atom. The smallest absolute Gasteiger partial charge is 0.180 e. The van der Waals surface area contributed by atoms with E-state index >= 15 is 0 Å². The molecule has 0 unspecified atom stereocenters. The second kappa shape index (κ2) is 5.69. The molecule has 0 atom stereocenters. The lowest BCUT2D eigenvalue weighted by Gasteiger charge is -1.99. The summed E-state index contributed by atoms with van der Waals surface area (Å²) in [6, 6.07) is 9.80. The number of aryl methyl sites for hydroxylation is 1. The number of aromatic amines is 1. The molecule has 106 valence electrons. The molecule has 3 aromatic rings. The van der Waals surface area contributed by atoms with Crippen LogP contribution in [0.2, 0.25) is 0 Å². The number of ketones is 1. The van der Waals surface area contributed by atoms with Crippen LogP contribution in [0.3, 0.4) is 0 Å². The number of pyridine rings is 1. The molecule has 4 nitrogen and oxygen atoms in total. The van der Waals surface area contributed by atoms with Gasteiger partial charge in [0.25, 0.3) is 0 Å². The number of hydrogen-bond donors (Lipinski definition) is 1. The Bertz CT molecular complexity index is 793. The van der Waals surface area contributed by atoms with Crippen LogP contribution in [-0.4, -0.2) is 20.7 Å². The standard InChI is InChI=1S/C16H15N3OS/c1-3-15(20)13-7-5-11(9-17-13)21-16-18-12-6-4-10(2)8-14(12)19-16/h4-9H,3H2,1-2H3,(H,18,19). The number of aromatic nitrogens is 3. The topological polar surface area (TPSA) is 58.6 Å². The van der Waals surface area contributed by atoms with E-state index in [1.54, 1.807) is 12.3 Å². The van der Waals surface area contributed by atoms with E-state index in [9.17, 15) is 4.79 Å². The van der Waals surface area contributed by atoms with Gasteiger partial charge < -0.3 is 4.98 Å². The molecule has 0 saturated carbocycles. The zero-order valence-corrected chi connectivity index (χ0v) is 12.7. The van der Waals surface area contributed by atoms with Gasteiger partial charge >= 0.3 is 0 Å². The van der Waals surface area contributed by atoms with E-state index < -0.39 is 0 Å². The second-order valence-corrected chi connectivity index (χ2v) is 5.88. The SMILES string of the molecule is CCC(=O)c1ccc(Sc2nc3ccc(C)cc3[nH]2)cn1. The van der Waals surface area contributed by atoms with Gasteiger partial charge in [0.1, 0.15) is 5.69 Å². The van der Waals surface area contributed by atoms with E-state index in [0.717, 1.165) is 21.1 Å². The molecule has 21 heavy (non-hydrogen) atoms. The first-order valence-electron chi connectivity index (χ1n) is 6.79. The highest BCUT2D eigenvalue weighted by atomic mass is 32.2. The minimum absolute atomic E-state index is 0.0609. The Kier molecular flexibility index (Phi) is 3.75. The molecule has 0 aliphatic rings. The molecule has 3 rings (SSSR count). The molecule has 1 N–H and O–H groups in total. The van der Waals surface area contributed by atoms with Gasteiger partial charge in [0.15, 0.2) is 10.9 Å². The number of carbonyl (C=O) groups excluding carboxylic acids is 1. The van der Waals surface area contributed by atoms with Crippen molar-refractivity contribution in [3.8, 4) is 0 Å². The average Bonchev–Trinajstić information content (AvgIpc) is 2.88. The normalized spacial score (nSPS) is 11.0. The predicted molar refractivity (Wildman–Crippen MR) is 83.8 cm³/mol. The van der Waals surface area contributed by atoms with Crippen molar-refractivity contribution in [1.82, 2.24) is 15.0 Å². The van der Waals surface area contributed by atoms with Gasteiger partial charge in [0.05, 0.1) is 11.0 Å². The van der Waals surface area contributed by atoms with Gasteiger partial charge in [0.2, 0.25) is 0 Å². The van der Waals surface area contributed by atoms with Crippen LogP contribution < -0.4 is 0 Å². The van der Waals surface area contributed by atoms with Crippen molar-refractivity contribution in [1.29, 1.82) is 0 Å². The van der Waals surface area contributed by atoms with Crippen LogP contribution in [0.25, 0.3) is 11.0 Å². The number of fused-ring (bicyclic) bond motifs is 1. The Balaban J connectivity index is 1.83. The van der Waals surface area contributed by atoms with Crippen molar-refractivity contribution in [3.05, 3.63) is 47.8 Å². The average molecular weight is 297 g/mol. The highest BCUT2D eigenvalue weighted by Gasteiger charge is 2.07. The summed E-state index contributed by atoms with van der Waals surface area (Å²) in [6.45, 7) is 3.89. The maximum atomic E-state index is 11.5. The minimum Gasteiger partial charge on any atom is -0.333 e. The van der Waals surface area contributed by atoms with Crippen molar-refractivity contribution in [3.63, 3.8) is 0 Å². The third-order valence-electron chi connectivity index (χ3n) is 3.17. The van der Waals surface area contributed by atoms with Crippen LogP contribution in [0.4, 0.5) is 0 Å². The van der Waals surface area contributed by atoms with Crippen molar-refractivity contribution in [2.45, 2.75) is 30.3 Å². The lowest BCUT2D eigenvalue weighted by atomic mass is 10.2. The van der Waals surface area contributed by atoms with Gasteiger partial charge in [-0.25, -0.2) is 4.98 Å². The lowest BCUT2D eigenvalue weighted by molar-refractivity contribution is 0.0983. The highest BCUT2D eigenvalue weighted by Crippen LogP contribution is 2.27. The van der Waals surface area contributed by atoms with Crippen LogP contribution in [0.5, 0.6) is 0 Å². The van der Waals surface area contributed by atoms with Gasteiger partial charge in [-0.05, 0) is 36.8 Å². The predicted octanol–water partition coefficient (Wildman–Crippen LogP) is 4.01. The van der Waals surface area contributed by atoms with Crippen molar-refractivity contribution in [2.24, 2.45) is 0 Å². The summed E-state index contributed by atoms with van der Waals surface area (Å²) >= 11 is 1.51. The number of benzene rings is 1. The first kappa shape index (κ1) is 13.8. The molecule has 5 heteroatoms. The van der Waals surface area contributed by atoms with Crippen LogP contribution in [0.1, 0.15) is 29.4 Å². The van der Waals surface area contributed by atoms with Crippen molar-refractivity contribution in [2.75, 3.05) is 0 Å². The van der Waals surface area contributed by atoms with E-state index in [0.29, 0.717) is 12.1 Å². The molecule has 0 fully saturated rings. The summed E-state index contributed by atoms with van der Waals surface area (Å²) in [6.07, 6.45) is 2.19. The fraction of sp³-hybridized carbons (Fsp3) is 0.188. The summed E-state index contributed by atoms with van der Waals surface area (Å²) in [5.74, 6) is 0.0609. The Morgan fingerprint density at radius 3 is 2.86 bits per heavy atom. The zero-order chi connectivity index (χ0) is 14.8. The van der Waals surface area contributed by atoms with Crippen molar-refractivity contribution < 1.29 is 4.79 Å². The summed E-state index contributed by atoms with van der Waals surface area (Å²) in [4.78, 5) is 24.5. The molecular weight excluding hydrogens is 282 g/mol. The summed E-state index contributed by atoms with van der Waals surface area (Å²) in [5.41, 5.74) is 3.70. The number of nitrogens with zero attached hydrogens (tertiary/aromatic N) is 2. The number of H-pyrrole nitrogens is 1. The van der Waals surface area contributed by atoms with E-state index in [2.05, 4.69) is 27.9 Å². The van der Waals surface area contributed by atoms with Gasteiger partial charge in [-0.2, -0.15) is 0 Å². The molecule has 2 heterocycles. The first-order chi connectivity index (χ1) is 10.2. The third kappa shape index (κ3) is 2.97. The molecule has 0 spiro atoms. The maximum absolute atomic E-state index is 11.5. The monoisotopic (exact) mass is 297 g/mol. The summed E-state index contributed by atoms with van der Waals surface area (Å²) in [5, 5.41) is 0.826. The van der Waals surface area contributed by atoms with E-state index in [1.165, 1.54) is 17.3 Å². The molecule has 0 saturated heterocycles. The molecular formula is C16H15N3OS. The number of Topliss-reactive ketones (excluding diaryl/α,β-unsaturated/α-hetero) is 1. The van der Waals surface area contributed by atoms with E-state index in [1.807, 2.05) is 25.1 Å². The highest BCUT2D eigenvalue weighted by molar-refractivity contribution is 7.99. The molecule has 1 aromatic carbocycles. The maximum Gasteiger partial charge on any atom is 0.180 e. The van der Waals surface area contributed by atoms with Gasteiger partial charge in [-0.1, -0.05) is 24.8 Å². The van der Waals surface area contributed by atoms with Crippen LogP contribution in [0, 0.1) is 6.92 Å². The van der Waals surface area contributed by atoms with E-state index in [4.69, 9.17) is 0 Å². The Morgan fingerprint density at radius 2 is 2.14 bits per heavy atom. The number of hydrogen-bond acceptors (Lipinski definition) is 4. The van der Waals surface area contributed by atoms with Crippen LogP contribution in [0.15, 0.2) is 46.6 Å². The largest absolute Gasteiger partial charge is 0.333 e. The summed E-state index contributed by atoms with van der Waals surface area (Å²) in [7, 11) is 0. The number of rotatable bonds is 4. The quantitative estimate of drug-likeness (QED) is 0.739. The molecule has 0 aliphatic heterocycles. The Labute approximate surface area is 127 Å².